The fourth-order valence-corrected chi connectivity index (χ4v) is 16.4. The maximum atomic E-state index is 6.35. The third-order valence-corrected chi connectivity index (χ3v) is 21.4. The van der Waals surface area contributed by atoms with Crippen molar-refractivity contribution in [1.29, 1.82) is 0 Å². The highest BCUT2D eigenvalue weighted by Crippen LogP contribution is 2.43. The molecule has 0 aliphatic carbocycles. The Balaban J connectivity index is 0.000000131. The Morgan fingerprint density at radius 3 is 1.22 bits per heavy atom. The van der Waals surface area contributed by atoms with Crippen LogP contribution in [-0.4, -0.2) is 27.5 Å². The van der Waals surface area contributed by atoms with Crippen molar-refractivity contribution < 1.29 is 9.31 Å². The van der Waals surface area contributed by atoms with Crippen LogP contribution >= 0.6 is 77.1 Å². The monoisotopic (exact) mass is 1410 g/mol. The number of nitrogens with zero attached hydrogens (tertiary/aromatic N) is 2. The highest BCUT2D eigenvalue weighted by molar-refractivity contribution is 14.1. The van der Waals surface area contributed by atoms with Crippen molar-refractivity contribution in [3.05, 3.63) is 279 Å². The topological polar surface area (TPSA) is 28.3 Å². The summed E-state index contributed by atoms with van der Waals surface area (Å²) in [5, 5.41) is 10.3. The molecule has 1 saturated heterocycles. The summed E-state index contributed by atoms with van der Waals surface area (Å²) in [4.78, 5) is 0. The van der Waals surface area contributed by atoms with E-state index in [0.29, 0.717) is 0 Å². The van der Waals surface area contributed by atoms with Crippen molar-refractivity contribution in [2.75, 3.05) is 0 Å². The van der Waals surface area contributed by atoms with Gasteiger partial charge in [0.15, 0.2) is 0 Å². The number of para-hydroxylation sites is 2. The number of benzene rings is 12. The minimum Gasteiger partial charge on any atom is -0.399 e. The lowest BCUT2D eigenvalue weighted by atomic mass is 9.78. The fraction of sp³-hybridized carbons (Fsp3) is 0.0769. The van der Waals surface area contributed by atoms with E-state index in [1.165, 1.54) is 127 Å². The summed E-state index contributed by atoms with van der Waals surface area (Å²) in [6.07, 6.45) is 0. The first kappa shape index (κ1) is 56.8. The van der Waals surface area contributed by atoms with E-state index in [1.807, 2.05) is 34.8 Å². The van der Waals surface area contributed by atoms with E-state index in [2.05, 4.69) is 346 Å². The molecular formula is C78H56BBr2IN2O2S2. The standard InChI is InChI=1S/C36H30BNO2S.C36H22BrNS.C6H4BrI/c1-35(2)36(3,4)40-37(39-35)25-11-9-10-23(20-25)24-16-18-32-29(21-24)27-12-5-7-14-31(27)38(32)26-17-19-34-30(22-26)28-13-6-8-15-33(28)41-34;37-27-10-6-9-25(20-27)23-7-5-8-24(19-23)26-15-17-34-31(21-26)29-11-1-3-13-33(29)38(34)28-16-18-36-32(22-28)30-12-2-4-14-35(30)39-36;7-5-2-1-3-6(8)4-5/h5-22H,1-4H3;1-22H;1-4H. The Morgan fingerprint density at radius 2 is 0.727 bits per heavy atom. The summed E-state index contributed by atoms with van der Waals surface area (Å²) in [7, 11) is -0.381. The molecule has 0 atom stereocenters. The van der Waals surface area contributed by atoms with Crippen molar-refractivity contribution in [2.24, 2.45) is 0 Å². The Bertz CT molecular complexity index is 5360. The lowest BCUT2D eigenvalue weighted by molar-refractivity contribution is 0.00578. The second-order valence-electron chi connectivity index (χ2n) is 23.5. The molecule has 0 spiro atoms. The Kier molecular flexibility index (Phi) is 14.9. The number of aromatic nitrogens is 2. The quantitative estimate of drug-likeness (QED) is 0.123. The van der Waals surface area contributed by atoms with E-state index in [0.717, 1.165) is 20.0 Å². The number of halogens is 3. The van der Waals surface area contributed by atoms with Gasteiger partial charge in [-0.1, -0.05) is 177 Å². The maximum absolute atomic E-state index is 6.35. The number of rotatable bonds is 6. The molecule has 0 N–H and O–H groups in total. The van der Waals surface area contributed by atoms with Crippen LogP contribution in [0.4, 0.5) is 0 Å². The molecule has 0 saturated carbocycles. The third kappa shape index (κ3) is 10.5. The minimum absolute atomic E-state index is 0.368. The van der Waals surface area contributed by atoms with Gasteiger partial charge in [-0.25, -0.2) is 0 Å². The van der Waals surface area contributed by atoms with Gasteiger partial charge in [0, 0.05) is 85.8 Å². The van der Waals surface area contributed by atoms with Gasteiger partial charge in [0.1, 0.15) is 0 Å². The van der Waals surface area contributed by atoms with Crippen LogP contribution in [0.25, 0.3) is 129 Å². The summed E-state index contributed by atoms with van der Waals surface area (Å²) in [5.74, 6) is 0. The predicted octanol–water partition coefficient (Wildman–Crippen LogP) is 23.4. The zero-order valence-corrected chi connectivity index (χ0v) is 55.6. The predicted molar refractivity (Wildman–Crippen MR) is 394 cm³/mol. The SMILES string of the molecule is Brc1cccc(-c2cccc(-c3ccc4c(c3)c3ccccc3n4-c3ccc4sc5ccccc5c4c3)c2)c1.Brc1cccc(I)c1.CC1(C)OB(c2cccc(-c3ccc4c(c3)c3ccccc3n4-c3ccc4sc5ccccc5c4c3)c2)OC1(C)C. The fourth-order valence-electron chi connectivity index (χ4n) is 12.4. The minimum atomic E-state index is -0.381. The second kappa shape index (κ2) is 23.1. The van der Waals surface area contributed by atoms with Gasteiger partial charge in [-0.3, -0.25) is 0 Å². The maximum Gasteiger partial charge on any atom is 0.494 e. The molecule has 88 heavy (non-hydrogen) atoms. The number of hydrogen-bond donors (Lipinski definition) is 0. The van der Waals surface area contributed by atoms with Gasteiger partial charge < -0.3 is 18.4 Å². The van der Waals surface area contributed by atoms with Crippen LogP contribution in [0, 0.1) is 3.57 Å². The zero-order valence-electron chi connectivity index (χ0n) is 48.6. The van der Waals surface area contributed by atoms with Crippen molar-refractivity contribution in [3.8, 4) is 44.8 Å². The van der Waals surface area contributed by atoms with Crippen LogP contribution in [0.5, 0.6) is 0 Å². The number of thiophene rings is 2. The summed E-state index contributed by atoms with van der Waals surface area (Å²) in [6, 6.07) is 96.4. The molecule has 1 aliphatic heterocycles. The number of fused-ring (bicyclic) bond motifs is 12. The Hall–Kier alpha value is -7.65. The summed E-state index contributed by atoms with van der Waals surface area (Å²) in [5.41, 5.74) is 14.8. The smallest absolute Gasteiger partial charge is 0.399 e. The molecule has 16 aromatic rings. The molecule has 17 rings (SSSR count). The van der Waals surface area contributed by atoms with Crippen LogP contribution in [0.3, 0.4) is 0 Å². The second-order valence-corrected chi connectivity index (χ2v) is 28.7. The molecule has 1 aliphatic rings. The van der Waals surface area contributed by atoms with Gasteiger partial charge in [-0.2, -0.15) is 0 Å². The molecular weight excluding hydrogens is 1360 g/mol. The highest BCUT2D eigenvalue weighted by atomic mass is 127. The van der Waals surface area contributed by atoms with Crippen LogP contribution in [-0.2, 0) is 9.31 Å². The largest absolute Gasteiger partial charge is 0.494 e. The molecule has 0 amide bonds. The zero-order chi connectivity index (χ0) is 59.8. The van der Waals surface area contributed by atoms with E-state index in [9.17, 15) is 0 Å². The van der Waals surface area contributed by atoms with Crippen molar-refractivity contribution >= 4 is 174 Å². The summed E-state index contributed by atoms with van der Waals surface area (Å²) in [6.45, 7) is 8.39. The first-order chi connectivity index (χ1) is 42.8. The van der Waals surface area contributed by atoms with Crippen LogP contribution < -0.4 is 5.46 Å². The Labute approximate surface area is 550 Å². The number of hydrogen-bond acceptors (Lipinski definition) is 4. The van der Waals surface area contributed by atoms with E-state index in [4.69, 9.17) is 9.31 Å². The molecule has 1 fully saturated rings. The molecule has 426 valence electrons. The average molecular weight is 1410 g/mol. The molecule has 4 aromatic heterocycles. The molecule has 10 heteroatoms. The summed E-state index contributed by atoms with van der Waals surface area (Å²) >= 11 is 13.0. The molecule has 0 radical (unpaired) electrons. The lowest BCUT2D eigenvalue weighted by Gasteiger charge is -2.32. The van der Waals surface area contributed by atoms with Crippen molar-refractivity contribution in [2.45, 2.75) is 38.9 Å². The van der Waals surface area contributed by atoms with Crippen molar-refractivity contribution in [3.63, 3.8) is 0 Å². The third-order valence-electron chi connectivity index (χ3n) is 17.5. The normalized spacial score (nSPS) is 13.7. The van der Waals surface area contributed by atoms with Gasteiger partial charge in [-0.05, 0) is 210 Å². The van der Waals surface area contributed by atoms with E-state index >= 15 is 0 Å². The van der Waals surface area contributed by atoms with Gasteiger partial charge in [-0.15, -0.1) is 22.7 Å². The highest BCUT2D eigenvalue weighted by Gasteiger charge is 2.51. The van der Waals surface area contributed by atoms with Gasteiger partial charge >= 0.3 is 7.12 Å². The average Bonchev–Trinajstić information content (AvgIpc) is 1.94. The van der Waals surface area contributed by atoms with Crippen LogP contribution in [0.1, 0.15) is 27.7 Å². The first-order valence-electron chi connectivity index (χ1n) is 29.4. The van der Waals surface area contributed by atoms with Crippen LogP contribution in [0.2, 0.25) is 0 Å². The van der Waals surface area contributed by atoms with E-state index in [1.54, 1.807) is 0 Å². The van der Waals surface area contributed by atoms with Gasteiger partial charge in [0.25, 0.3) is 0 Å². The lowest BCUT2D eigenvalue weighted by Crippen LogP contribution is -2.41. The Morgan fingerprint density at radius 1 is 0.330 bits per heavy atom. The van der Waals surface area contributed by atoms with Gasteiger partial charge in [0.05, 0.1) is 33.3 Å². The molecule has 12 aromatic carbocycles. The van der Waals surface area contributed by atoms with E-state index < -0.39 is 0 Å². The van der Waals surface area contributed by atoms with Gasteiger partial charge in [0.2, 0.25) is 0 Å². The van der Waals surface area contributed by atoms with Crippen molar-refractivity contribution in [1.82, 2.24) is 9.13 Å². The molecule has 0 bridgehead atoms. The van der Waals surface area contributed by atoms with Crippen LogP contribution in [0.15, 0.2) is 276 Å². The summed E-state index contributed by atoms with van der Waals surface area (Å²) < 4.78 is 26.3. The first-order valence-corrected chi connectivity index (χ1v) is 33.7. The molecule has 0 unspecified atom stereocenters. The molecule has 4 nitrogen and oxygen atoms in total. The van der Waals surface area contributed by atoms with E-state index in [-0.39, 0.29) is 18.3 Å². The molecule has 5 heterocycles.